The number of hydrogen-bond acceptors (Lipinski definition) is 6. The lowest BCUT2D eigenvalue weighted by Crippen LogP contribution is -2.07. The van der Waals surface area contributed by atoms with Crippen molar-refractivity contribution in [3.8, 4) is 16.5 Å². The normalized spacial score (nSPS) is 11.1. The fourth-order valence-corrected chi connectivity index (χ4v) is 3.75. The van der Waals surface area contributed by atoms with Crippen LogP contribution in [0.2, 0.25) is 0 Å². The van der Waals surface area contributed by atoms with E-state index in [2.05, 4.69) is 37.3 Å². The van der Waals surface area contributed by atoms with Crippen LogP contribution in [0, 0.1) is 13.8 Å². The van der Waals surface area contributed by atoms with E-state index in [-0.39, 0.29) is 0 Å². The number of ether oxygens (including phenoxy) is 1. The number of rotatable bonds is 7. The monoisotopic (exact) mass is 360 g/mol. The van der Waals surface area contributed by atoms with Crippen LogP contribution < -0.4 is 9.64 Å². The number of hydrogen-bond donors (Lipinski definition) is 0. The van der Waals surface area contributed by atoms with E-state index in [1.165, 1.54) is 5.69 Å². The van der Waals surface area contributed by atoms with Crippen LogP contribution in [-0.4, -0.2) is 45.5 Å². The molecule has 0 aliphatic heterocycles. The van der Waals surface area contributed by atoms with Crippen molar-refractivity contribution < 1.29 is 4.74 Å². The molecule has 0 bridgehead atoms. The van der Waals surface area contributed by atoms with Crippen LogP contribution in [0.25, 0.3) is 10.6 Å². The van der Waals surface area contributed by atoms with Gasteiger partial charge in [-0.1, -0.05) is 11.3 Å². The lowest BCUT2D eigenvalue weighted by atomic mass is 10.3. The molecule has 0 unspecified atom stereocenters. The van der Waals surface area contributed by atoms with Crippen LogP contribution in [0.1, 0.15) is 17.8 Å². The van der Waals surface area contributed by atoms with Gasteiger partial charge < -0.3 is 14.2 Å². The van der Waals surface area contributed by atoms with Gasteiger partial charge in [-0.25, -0.2) is 4.98 Å². The molecule has 7 nitrogen and oxygen atoms in total. The maximum Gasteiger partial charge on any atom is 0.235 e. The molecule has 0 atom stereocenters. The van der Waals surface area contributed by atoms with Crippen LogP contribution in [0.3, 0.4) is 0 Å². The number of methoxy groups -OCH3 is 1. The second-order valence-electron chi connectivity index (χ2n) is 6.21. The quantitative estimate of drug-likeness (QED) is 0.648. The van der Waals surface area contributed by atoms with Gasteiger partial charge in [-0.3, -0.25) is 4.68 Å². The number of anilines is 1. The molecule has 0 aromatic carbocycles. The average molecular weight is 360 g/mol. The van der Waals surface area contributed by atoms with Gasteiger partial charge in [0.15, 0.2) is 5.13 Å². The van der Waals surface area contributed by atoms with Crippen LogP contribution >= 0.6 is 11.3 Å². The molecule has 134 valence electrons. The van der Waals surface area contributed by atoms with Gasteiger partial charge in [-0.15, -0.1) is 0 Å². The van der Waals surface area contributed by atoms with Gasteiger partial charge in [0.05, 0.1) is 31.0 Å². The summed E-state index contributed by atoms with van der Waals surface area (Å²) in [7, 11) is 5.61. The number of imidazole rings is 1. The molecule has 3 rings (SSSR count). The van der Waals surface area contributed by atoms with Crippen molar-refractivity contribution in [1.82, 2.24) is 24.3 Å². The van der Waals surface area contributed by atoms with Crippen molar-refractivity contribution in [3.63, 3.8) is 0 Å². The highest BCUT2D eigenvalue weighted by atomic mass is 32.1. The number of thiazole rings is 1. The molecule has 0 radical (unpaired) electrons. The predicted molar refractivity (Wildman–Crippen MR) is 101 cm³/mol. The lowest BCUT2D eigenvalue weighted by Gasteiger charge is -2.09. The molecule has 0 saturated carbocycles. The molecule has 0 fully saturated rings. The van der Waals surface area contributed by atoms with Crippen LogP contribution in [-0.2, 0) is 13.1 Å². The molecule has 8 heteroatoms. The van der Waals surface area contributed by atoms with E-state index in [1.54, 1.807) is 18.4 Å². The molecule has 3 aromatic heterocycles. The van der Waals surface area contributed by atoms with Crippen molar-refractivity contribution >= 4 is 16.5 Å². The standard InChI is InChI=1S/C17H24N6OS/c1-12-9-13(2)23(20-12)8-6-7-22-11-18-10-14(22)15-16(24-5)19-17(25-15)21(3)4/h9-11H,6-8H2,1-5H3. The summed E-state index contributed by atoms with van der Waals surface area (Å²) in [5.74, 6) is 0.647. The fourth-order valence-electron chi connectivity index (χ4n) is 2.77. The van der Waals surface area contributed by atoms with Crippen LogP contribution in [0.15, 0.2) is 18.6 Å². The van der Waals surface area contributed by atoms with Gasteiger partial charge in [0.25, 0.3) is 0 Å². The highest BCUT2D eigenvalue weighted by Crippen LogP contribution is 2.38. The Kier molecular flexibility index (Phi) is 5.08. The number of nitrogens with zero attached hydrogens (tertiary/aromatic N) is 6. The predicted octanol–water partition coefficient (Wildman–Crippen LogP) is 2.98. The summed E-state index contributed by atoms with van der Waals surface area (Å²) < 4.78 is 9.68. The minimum Gasteiger partial charge on any atom is -0.480 e. The zero-order valence-corrected chi connectivity index (χ0v) is 16.2. The maximum absolute atomic E-state index is 5.46. The summed E-state index contributed by atoms with van der Waals surface area (Å²) in [4.78, 5) is 11.9. The average Bonchev–Trinajstić information content (AvgIpc) is 3.25. The SMILES string of the molecule is COc1nc(N(C)C)sc1-c1cncn1CCCn1nc(C)cc1C. The summed E-state index contributed by atoms with van der Waals surface area (Å²) in [5.41, 5.74) is 3.30. The van der Waals surface area contributed by atoms with E-state index in [1.807, 2.05) is 38.4 Å². The molecule has 0 aliphatic carbocycles. The highest BCUT2D eigenvalue weighted by molar-refractivity contribution is 7.19. The van der Waals surface area contributed by atoms with E-state index in [0.717, 1.165) is 40.9 Å². The van der Waals surface area contributed by atoms with Crippen molar-refractivity contribution in [2.45, 2.75) is 33.4 Å². The van der Waals surface area contributed by atoms with E-state index >= 15 is 0 Å². The van der Waals surface area contributed by atoms with Crippen LogP contribution in [0.4, 0.5) is 5.13 Å². The first-order valence-corrected chi connectivity index (χ1v) is 9.05. The topological polar surface area (TPSA) is 61.0 Å². The molecule has 0 saturated heterocycles. The van der Waals surface area contributed by atoms with E-state index in [9.17, 15) is 0 Å². The summed E-state index contributed by atoms with van der Waals surface area (Å²) in [5, 5.41) is 5.44. The van der Waals surface area contributed by atoms with Crippen molar-refractivity contribution in [1.29, 1.82) is 0 Å². The summed E-state index contributed by atoms with van der Waals surface area (Å²) in [6.45, 7) is 5.87. The Labute approximate surface area is 151 Å². The van der Waals surface area contributed by atoms with Gasteiger partial charge in [0, 0.05) is 32.9 Å². The van der Waals surface area contributed by atoms with Crippen molar-refractivity contribution in [2.24, 2.45) is 0 Å². The molecule has 0 N–H and O–H groups in total. The molecule has 3 heterocycles. The molecule has 0 amide bonds. The first kappa shape index (κ1) is 17.5. The van der Waals surface area contributed by atoms with Crippen molar-refractivity contribution in [2.75, 3.05) is 26.1 Å². The van der Waals surface area contributed by atoms with E-state index in [4.69, 9.17) is 4.74 Å². The second kappa shape index (κ2) is 7.26. The molecule has 0 spiro atoms. The molecule has 0 aliphatic rings. The van der Waals surface area contributed by atoms with Crippen LogP contribution in [0.5, 0.6) is 5.88 Å². The van der Waals surface area contributed by atoms with E-state index in [0.29, 0.717) is 5.88 Å². The third kappa shape index (κ3) is 3.68. The fraction of sp³-hybridized carbons (Fsp3) is 0.471. The minimum atomic E-state index is 0.647. The molecule has 25 heavy (non-hydrogen) atoms. The smallest absolute Gasteiger partial charge is 0.235 e. The Bertz CT molecular complexity index is 847. The highest BCUT2D eigenvalue weighted by Gasteiger charge is 2.18. The summed E-state index contributed by atoms with van der Waals surface area (Å²) >= 11 is 1.61. The van der Waals surface area contributed by atoms with Gasteiger partial charge in [-0.2, -0.15) is 10.1 Å². The van der Waals surface area contributed by atoms with Gasteiger partial charge in [-0.05, 0) is 26.3 Å². The number of aryl methyl sites for hydroxylation is 4. The largest absolute Gasteiger partial charge is 0.480 e. The first-order valence-electron chi connectivity index (χ1n) is 8.23. The minimum absolute atomic E-state index is 0.647. The summed E-state index contributed by atoms with van der Waals surface area (Å²) in [6.07, 6.45) is 4.72. The third-order valence-electron chi connectivity index (χ3n) is 3.98. The zero-order chi connectivity index (χ0) is 18.0. The van der Waals surface area contributed by atoms with Gasteiger partial charge in [0.2, 0.25) is 5.88 Å². The Morgan fingerprint density at radius 3 is 2.68 bits per heavy atom. The van der Waals surface area contributed by atoms with E-state index < -0.39 is 0 Å². The zero-order valence-electron chi connectivity index (χ0n) is 15.4. The Balaban J connectivity index is 1.75. The van der Waals surface area contributed by atoms with Gasteiger partial charge >= 0.3 is 0 Å². The second-order valence-corrected chi connectivity index (χ2v) is 7.18. The molecular formula is C17H24N6OS. The van der Waals surface area contributed by atoms with Gasteiger partial charge in [0.1, 0.15) is 4.88 Å². The Morgan fingerprint density at radius 1 is 1.24 bits per heavy atom. The molecular weight excluding hydrogens is 336 g/mol. The van der Waals surface area contributed by atoms with Crippen molar-refractivity contribution in [3.05, 3.63) is 30.0 Å². The Hall–Kier alpha value is -2.35. The first-order chi connectivity index (χ1) is 12.0. The number of aromatic nitrogens is 5. The summed E-state index contributed by atoms with van der Waals surface area (Å²) in [6, 6.07) is 2.10. The lowest BCUT2D eigenvalue weighted by molar-refractivity contribution is 0.402. The maximum atomic E-state index is 5.46. The Morgan fingerprint density at radius 2 is 2.04 bits per heavy atom. The third-order valence-corrected chi connectivity index (χ3v) is 5.20. The molecule has 3 aromatic rings.